The molecule has 24 heavy (non-hydrogen) atoms. The fourth-order valence-electron chi connectivity index (χ4n) is 3.01. The van der Waals surface area contributed by atoms with E-state index in [0.717, 1.165) is 18.2 Å². The number of aliphatic hydroxyl groups is 1. The predicted molar refractivity (Wildman–Crippen MR) is 78.9 cm³/mol. The SMILES string of the molecule is Cc1oc(C#N)cc1C(=O)N1C[C@@H](O)C[C@H]1c1cc(F)ccc1F. The van der Waals surface area contributed by atoms with Crippen LogP contribution in [0.2, 0.25) is 0 Å². The minimum absolute atomic E-state index is 0.00798. The molecule has 2 atom stereocenters. The molecule has 0 radical (unpaired) electrons. The van der Waals surface area contributed by atoms with Gasteiger partial charge in [0, 0.05) is 18.2 Å². The number of hydrogen-bond donors (Lipinski definition) is 1. The van der Waals surface area contributed by atoms with Crippen LogP contribution in [0, 0.1) is 29.9 Å². The number of aryl methyl sites for hydroxylation is 1. The van der Waals surface area contributed by atoms with Crippen LogP contribution in [0.1, 0.15) is 39.9 Å². The summed E-state index contributed by atoms with van der Waals surface area (Å²) < 4.78 is 32.7. The number of aliphatic hydroxyl groups excluding tert-OH is 1. The number of carbonyl (C=O) groups is 1. The van der Waals surface area contributed by atoms with Crippen molar-refractivity contribution in [2.45, 2.75) is 25.5 Å². The number of carbonyl (C=O) groups excluding carboxylic acids is 1. The molecule has 1 amide bonds. The molecule has 7 heteroatoms. The standard InChI is InChI=1S/C17H14F2N2O3/c1-9-13(6-12(7-20)24-9)17(23)21-8-11(22)5-16(21)14-4-10(18)2-3-15(14)19/h2-4,6,11,16,22H,5,8H2,1H3/t11-,16-/m0/s1. The molecule has 1 saturated heterocycles. The van der Waals surface area contributed by atoms with E-state index in [9.17, 15) is 18.7 Å². The van der Waals surface area contributed by atoms with Gasteiger partial charge in [-0.3, -0.25) is 4.79 Å². The van der Waals surface area contributed by atoms with Crippen molar-refractivity contribution < 1.29 is 23.1 Å². The first-order chi connectivity index (χ1) is 11.4. The molecular weight excluding hydrogens is 318 g/mol. The molecule has 3 rings (SSSR count). The molecule has 2 aromatic rings. The summed E-state index contributed by atoms with van der Waals surface area (Å²) in [6.45, 7) is 1.53. The van der Waals surface area contributed by atoms with Crippen molar-refractivity contribution in [1.29, 1.82) is 5.26 Å². The first kappa shape index (κ1) is 16.1. The Morgan fingerprint density at radius 1 is 1.42 bits per heavy atom. The Balaban J connectivity index is 1.99. The summed E-state index contributed by atoms with van der Waals surface area (Å²) in [5, 5.41) is 18.8. The maximum atomic E-state index is 14.1. The molecule has 1 aromatic carbocycles. The van der Waals surface area contributed by atoms with E-state index in [1.54, 1.807) is 13.0 Å². The molecule has 0 spiro atoms. The van der Waals surface area contributed by atoms with E-state index in [1.807, 2.05) is 0 Å². The molecule has 0 bridgehead atoms. The lowest BCUT2D eigenvalue weighted by atomic mass is 10.0. The molecule has 1 aliphatic rings. The fraction of sp³-hybridized carbons (Fsp3) is 0.294. The Hall–Kier alpha value is -2.72. The molecule has 0 unspecified atom stereocenters. The second kappa shape index (κ2) is 6.06. The van der Waals surface area contributed by atoms with Crippen LogP contribution in [0.25, 0.3) is 0 Å². The van der Waals surface area contributed by atoms with Crippen LogP contribution < -0.4 is 0 Å². The number of β-amino-alcohol motifs (C(OH)–C–C–N with tert-alkyl or cyclic N) is 1. The number of nitriles is 1. The van der Waals surface area contributed by atoms with E-state index in [0.29, 0.717) is 0 Å². The topological polar surface area (TPSA) is 77.5 Å². The summed E-state index contributed by atoms with van der Waals surface area (Å²) >= 11 is 0. The van der Waals surface area contributed by atoms with Crippen molar-refractivity contribution in [3.8, 4) is 6.07 Å². The van der Waals surface area contributed by atoms with Crippen LogP contribution in [0.4, 0.5) is 8.78 Å². The highest BCUT2D eigenvalue weighted by molar-refractivity contribution is 5.96. The van der Waals surface area contributed by atoms with Gasteiger partial charge in [-0.15, -0.1) is 0 Å². The Labute approximate surface area is 136 Å². The van der Waals surface area contributed by atoms with Crippen LogP contribution in [-0.4, -0.2) is 28.6 Å². The summed E-state index contributed by atoms with van der Waals surface area (Å²) in [6, 6.07) is 5.34. The molecule has 0 saturated carbocycles. The average molecular weight is 332 g/mol. The van der Waals surface area contributed by atoms with Gasteiger partial charge in [0.25, 0.3) is 5.91 Å². The van der Waals surface area contributed by atoms with Crippen LogP contribution in [0.3, 0.4) is 0 Å². The lowest BCUT2D eigenvalue weighted by molar-refractivity contribution is 0.0712. The average Bonchev–Trinajstić information content (AvgIpc) is 3.12. The number of hydrogen-bond acceptors (Lipinski definition) is 4. The zero-order chi connectivity index (χ0) is 17.4. The molecular formula is C17H14F2N2O3. The molecule has 0 aliphatic carbocycles. The first-order valence-electron chi connectivity index (χ1n) is 7.35. The summed E-state index contributed by atoms with van der Waals surface area (Å²) in [7, 11) is 0. The van der Waals surface area contributed by atoms with Gasteiger partial charge < -0.3 is 14.4 Å². The number of amides is 1. The molecule has 2 heterocycles. The van der Waals surface area contributed by atoms with Gasteiger partial charge in [-0.05, 0) is 31.5 Å². The number of furan rings is 1. The van der Waals surface area contributed by atoms with E-state index in [1.165, 1.54) is 11.0 Å². The van der Waals surface area contributed by atoms with Crippen molar-refractivity contribution in [2.75, 3.05) is 6.54 Å². The van der Waals surface area contributed by atoms with Crippen LogP contribution in [-0.2, 0) is 0 Å². The maximum absolute atomic E-state index is 14.1. The van der Waals surface area contributed by atoms with E-state index < -0.39 is 29.7 Å². The first-order valence-corrected chi connectivity index (χ1v) is 7.35. The largest absolute Gasteiger partial charge is 0.450 e. The van der Waals surface area contributed by atoms with Gasteiger partial charge in [0.05, 0.1) is 17.7 Å². The third kappa shape index (κ3) is 2.76. The summed E-state index contributed by atoms with van der Waals surface area (Å²) in [4.78, 5) is 14.0. The van der Waals surface area contributed by atoms with Crippen molar-refractivity contribution in [3.05, 3.63) is 58.5 Å². The van der Waals surface area contributed by atoms with Gasteiger partial charge in [0.2, 0.25) is 5.76 Å². The van der Waals surface area contributed by atoms with Crippen LogP contribution in [0.15, 0.2) is 28.7 Å². The van der Waals surface area contributed by atoms with Gasteiger partial charge in [-0.1, -0.05) is 0 Å². The second-order valence-electron chi connectivity index (χ2n) is 5.72. The van der Waals surface area contributed by atoms with Crippen LogP contribution >= 0.6 is 0 Å². The summed E-state index contributed by atoms with van der Waals surface area (Å²) in [5.74, 6) is -1.51. The van der Waals surface area contributed by atoms with E-state index >= 15 is 0 Å². The van der Waals surface area contributed by atoms with Gasteiger partial charge in [0.15, 0.2) is 0 Å². The minimum atomic E-state index is -0.843. The minimum Gasteiger partial charge on any atom is -0.450 e. The fourth-order valence-corrected chi connectivity index (χ4v) is 3.01. The highest BCUT2D eigenvalue weighted by Crippen LogP contribution is 2.35. The summed E-state index contributed by atoms with van der Waals surface area (Å²) in [5.41, 5.74) is 0.184. The smallest absolute Gasteiger partial charge is 0.258 e. The number of halogens is 2. The number of benzene rings is 1. The molecule has 1 aliphatic heterocycles. The lowest BCUT2D eigenvalue weighted by Crippen LogP contribution is -2.32. The van der Waals surface area contributed by atoms with Gasteiger partial charge in [-0.25, -0.2) is 8.78 Å². The Morgan fingerprint density at radius 2 is 2.17 bits per heavy atom. The third-order valence-electron chi connectivity index (χ3n) is 4.12. The zero-order valence-electron chi connectivity index (χ0n) is 12.8. The summed E-state index contributed by atoms with van der Waals surface area (Å²) in [6.07, 6.45) is -0.738. The molecule has 1 aromatic heterocycles. The molecule has 124 valence electrons. The second-order valence-corrected chi connectivity index (χ2v) is 5.72. The Morgan fingerprint density at radius 3 is 2.83 bits per heavy atom. The zero-order valence-corrected chi connectivity index (χ0v) is 12.8. The maximum Gasteiger partial charge on any atom is 0.258 e. The monoisotopic (exact) mass is 332 g/mol. The molecule has 5 nitrogen and oxygen atoms in total. The van der Waals surface area contributed by atoms with Gasteiger partial charge in [-0.2, -0.15) is 5.26 Å². The number of likely N-dealkylation sites (tertiary alicyclic amines) is 1. The number of nitrogens with zero attached hydrogens (tertiary/aromatic N) is 2. The van der Waals surface area contributed by atoms with Crippen molar-refractivity contribution in [1.82, 2.24) is 4.90 Å². The quantitative estimate of drug-likeness (QED) is 0.917. The van der Waals surface area contributed by atoms with Crippen molar-refractivity contribution >= 4 is 5.91 Å². The van der Waals surface area contributed by atoms with E-state index in [4.69, 9.17) is 9.68 Å². The van der Waals surface area contributed by atoms with Crippen molar-refractivity contribution in [2.24, 2.45) is 0 Å². The molecule has 1 fully saturated rings. The highest BCUT2D eigenvalue weighted by Gasteiger charge is 2.38. The normalized spacial score (nSPS) is 20.2. The Kier molecular flexibility index (Phi) is 4.08. The van der Waals surface area contributed by atoms with Crippen LogP contribution in [0.5, 0.6) is 0 Å². The van der Waals surface area contributed by atoms with Crippen molar-refractivity contribution in [3.63, 3.8) is 0 Å². The van der Waals surface area contributed by atoms with Gasteiger partial charge >= 0.3 is 0 Å². The molecule has 1 N–H and O–H groups in total. The lowest BCUT2D eigenvalue weighted by Gasteiger charge is -2.25. The predicted octanol–water partition coefficient (Wildman–Crippen LogP) is 2.69. The van der Waals surface area contributed by atoms with E-state index in [-0.39, 0.29) is 35.6 Å². The third-order valence-corrected chi connectivity index (χ3v) is 4.12. The van der Waals surface area contributed by atoms with Gasteiger partial charge in [0.1, 0.15) is 23.5 Å². The Bertz CT molecular complexity index is 841. The number of rotatable bonds is 2. The highest BCUT2D eigenvalue weighted by atomic mass is 19.1. The van der Waals surface area contributed by atoms with E-state index in [2.05, 4.69) is 0 Å².